The first-order chi connectivity index (χ1) is 8.63. The van der Waals surface area contributed by atoms with E-state index in [9.17, 15) is 10.1 Å². The maximum Gasteiger partial charge on any atom is 0.294 e. The third kappa shape index (κ3) is 2.23. The van der Waals surface area contributed by atoms with Gasteiger partial charge in [0.05, 0.1) is 10.6 Å². The van der Waals surface area contributed by atoms with Gasteiger partial charge in [-0.1, -0.05) is 12.1 Å². The Bertz CT molecular complexity index is 578. The van der Waals surface area contributed by atoms with Gasteiger partial charge in [0.15, 0.2) is 0 Å². The molecule has 0 aliphatic rings. The SMILES string of the molecule is Cc1nn(-c2ccccc2[N+](=O)[O-])cc1CCO. The molecule has 0 saturated carbocycles. The van der Waals surface area contributed by atoms with Crippen molar-refractivity contribution < 1.29 is 10.0 Å². The molecule has 0 atom stereocenters. The van der Waals surface area contributed by atoms with Gasteiger partial charge < -0.3 is 5.11 Å². The van der Waals surface area contributed by atoms with Crippen molar-refractivity contribution in [3.8, 4) is 5.69 Å². The van der Waals surface area contributed by atoms with Crippen LogP contribution in [-0.4, -0.2) is 26.4 Å². The molecular weight excluding hydrogens is 234 g/mol. The molecule has 0 fully saturated rings. The van der Waals surface area contributed by atoms with Gasteiger partial charge in [-0.3, -0.25) is 10.1 Å². The van der Waals surface area contributed by atoms with Gasteiger partial charge >= 0.3 is 0 Å². The van der Waals surface area contributed by atoms with Crippen LogP contribution in [0, 0.1) is 17.0 Å². The quantitative estimate of drug-likeness (QED) is 0.657. The first-order valence-corrected chi connectivity index (χ1v) is 5.53. The Kier molecular flexibility index (Phi) is 3.38. The summed E-state index contributed by atoms with van der Waals surface area (Å²) < 4.78 is 1.48. The van der Waals surface area contributed by atoms with E-state index >= 15 is 0 Å². The van der Waals surface area contributed by atoms with Crippen molar-refractivity contribution in [3.63, 3.8) is 0 Å². The Morgan fingerprint density at radius 1 is 1.44 bits per heavy atom. The molecule has 6 heteroatoms. The topological polar surface area (TPSA) is 81.2 Å². The second-order valence-electron chi connectivity index (χ2n) is 3.90. The zero-order valence-electron chi connectivity index (χ0n) is 9.91. The molecule has 6 nitrogen and oxygen atoms in total. The summed E-state index contributed by atoms with van der Waals surface area (Å²) in [5.41, 5.74) is 2.09. The molecule has 0 spiro atoms. The number of hydrogen-bond donors (Lipinski definition) is 1. The summed E-state index contributed by atoms with van der Waals surface area (Å²) in [5.74, 6) is 0. The zero-order chi connectivity index (χ0) is 13.1. The van der Waals surface area contributed by atoms with Crippen LogP contribution in [0.1, 0.15) is 11.3 Å². The van der Waals surface area contributed by atoms with Gasteiger partial charge in [-0.25, -0.2) is 4.68 Å². The molecule has 18 heavy (non-hydrogen) atoms. The fourth-order valence-electron chi connectivity index (χ4n) is 1.80. The van der Waals surface area contributed by atoms with E-state index in [4.69, 9.17) is 5.11 Å². The maximum absolute atomic E-state index is 10.9. The van der Waals surface area contributed by atoms with E-state index in [2.05, 4.69) is 5.10 Å². The van der Waals surface area contributed by atoms with Gasteiger partial charge in [-0.2, -0.15) is 5.10 Å². The average molecular weight is 247 g/mol. The van der Waals surface area contributed by atoms with Crippen molar-refractivity contribution in [3.05, 3.63) is 51.8 Å². The molecule has 0 aliphatic heterocycles. The standard InChI is InChI=1S/C12H13N3O3/c1-9-10(6-7-16)8-14(13-9)11-4-2-3-5-12(11)15(17)18/h2-5,8,16H,6-7H2,1H3. The molecule has 1 aromatic carbocycles. The van der Waals surface area contributed by atoms with Crippen molar-refractivity contribution in [1.29, 1.82) is 0 Å². The molecule has 0 bridgehead atoms. The van der Waals surface area contributed by atoms with Crippen molar-refractivity contribution in [2.24, 2.45) is 0 Å². The monoisotopic (exact) mass is 247 g/mol. The van der Waals surface area contributed by atoms with Crippen LogP contribution >= 0.6 is 0 Å². The lowest BCUT2D eigenvalue weighted by Crippen LogP contribution is -2.00. The summed E-state index contributed by atoms with van der Waals surface area (Å²) in [6, 6.07) is 6.43. The molecule has 0 aliphatic carbocycles. The highest BCUT2D eigenvalue weighted by Crippen LogP contribution is 2.22. The van der Waals surface area contributed by atoms with E-state index < -0.39 is 4.92 Å². The van der Waals surface area contributed by atoms with Crippen LogP contribution in [0.5, 0.6) is 0 Å². The van der Waals surface area contributed by atoms with Crippen molar-refractivity contribution in [1.82, 2.24) is 9.78 Å². The predicted octanol–water partition coefficient (Wildman–Crippen LogP) is 1.62. The van der Waals surface area contributed by atoms with E-state index in [0.29, 0.717) is 12.1 Å². The number of hydrogen-bond acceptors (Lipinski definition) is 4. The van der Waals surface area contributed by atoms with E-state index in [1.54, 1.807) is 24.4 Å². The Morgan fingerprint density at radius 2 is 2.17 bits per heavy atom. The smallest absolute Gasteiger partial charge is 0.294 e. The van der Waals surface area contributed by atoms with Gasteiger partial charge in [0, 0.05) is 18.9 Å². The highest BCUT2D eigenvalue weighted by molar-refractivity contribution is 5.51. The highest BCUT2D eigenvalue weighted by Gasteiger charge is 2.16. The van der Waals surface area contributed by atoms with Crippen LogP contribution in [0.4, 0.5) is 5.69 Å². The number of nitro benzene ring substituents is 1. The number of aryl methyl sites for hydroxylation is 1. The average Bonchev–Trinajstić information content (AvgIpc) is 2.71. The van der Waals surface area contributed by atoms with Crippen LogP contribution in [0.3, 0.4) is 0 Å². The normalized spacial score (nSPS) is 10.6. The summed E-state index contributed by atoms with van der Waals surface area (Å²) in [7, 11) is 0. The van der Waals surface area contributed by atoms with Crippen molar-refractivity contribution in [2.75, 3.05) is 6.61 Å². The lowest BCUT2D eigenvalue weighted by atomic mass is 10.2. The van der Waals surface area contributed by atoms with Crippen molar-refractivity contribution in [2.45, 2.75) is 13.3 Å². The lowest BCUT2D eigenvalue weighted by molar-refractivity contribution is -0.384. The Morgan fingerprint density at radius 3 is 2.83 bits per heavy atom. The summed E-state index contributed by atoms with van der Waals surface area (Å²) >= 11 is 0. The third-order valence-electron chi connectivity index (χ3n) is 2.71. The second-order valence-corrected chi connectivity index (χ2v) is 3.90. The Balaban J connectivity index is 2.49. The summed E-state index contributed by atoms with van der Waals surface area (Å²) in [6.45, 7) is 1.85. The Hall–Kier alpha value is -2.21. The molecule has 2 rings (SSSR count). The molecule has 1 aromatic heterocycles. The molecule has 94 valence electrons. The number of rotatable bonds is 4. The molecule has 1 heterocycles. The Labute approximate surface area is 104 Å². The predicted molar refractivity (Wildman–Crippen MR) is 65.7 cm³/mol. The molecule has 0 saturated heterocycles. The van der Waals surface area contributed by atoms with Crippen LogP contribution < -0.4 is 0 Å². The van der Waals surface area contributed by atoms with Crippen LogP contribution in [-0.2, 0) is 6.42 Å². The van der Waals surface area contributed by atoms with Gasteiger partial charge in [0.25, 0.3) is 5.69 Å². The van der Waals surface area contributed by atoms with E-state index in [1.165, 1.54) is 10.7 Å². The van der Waals surface area contributed by atoms with Gasteiger partial charge in [0.2, 0.25) is 0 Å². The van der Waals surface area contributed by atoms with Crippen LogP contribution in [0.2, 0.25) is 0 Å². The lowest BCUT2D eigenvalue weighted by Gasteiger charge is -2.01. The molecule has 0 radical (unpaired) electrons. The minimum atomic E-state index is -0.432. The summed E-state index contributed by atoms with van der Waals surface area (Å²) in [4.78, 5) is 10.5. The second kappa shape index (κ2) is 4.97. The number of nitrogens with zero attached hydrogens (tertiary/aromatic N) is 3. The summed E-state index contributed by atoms with van der Waals surface area (Å²) in [6.07, 6.45) is 2.21. The minimum Gasteiger partial charge on any atom is -0.396 e. The largest absolute Gasteiger partial charge is 0.396 e. The first-order valence-electron chi connectivity index (χ1n) is 5.53. The zero-order valence-corrected chi connectivity index (χ0v) is 9.91. The van der Waals surface area contributed by atoms with Crippen LogP contribution in [0.25, 0.3) is 5.69 Å². The molecule has 0 unspecified atom stereocenters. The number of aliphatic hydroxyl groups excluding tert-OH is 1. The third-order valence-corrected chi connectivity index (χ3v) is 2.71. The fraction of sp³-hybridized carbons (Fsp3) is 0.250. The number of aliphatic hydroxyl groups is 1. The summed E-state index contributed by atoms with van der Waals surface area (Å²) in [5, 5.41) is 24.1. The van der Waals surface area contributed by atoms with Crippen molar-refractivity contribution >= 4 is 5.69 Å². The fourth-order valence-corrected chi connectivity index (χ4v) is 1.80. The minimum absolute atomic E-state index is 0.00977. The number of para-hydroxylation sites is 2. The van der Waals surface area contributed by atoms with Crippen LogP contribution in [0.15, 0.2) is 30.5 Å². The number of benzene rings is 1. The van der Waals surface area contributed by atoms with E-state index in [1.807, 2.05) is 6.92 Å². The van der Waals surface area contributed by atoms with Gasteiger partial charge in [0.1, 0.15) is 5.69 Å². The maximum atomic E-state index is 10.9. The van der Waals surface area contributed by atoms with Gasteiger partial charge in [-0.15, -0.1) is 0 Å². The van der Waals surface area contributed by atoms with E-state index in [-0.39, 0.29) is 12.3 Å². The number of nitro groups is 1. The van der Waals surface area contributed by atoms with Gasteiger partial charge in [-0.05, 0) is 25.0 Å². The molecule has 0 amide bonds. The molecular formula is C12H13N3O3. The van der Waals surface area contributed by atoms with E-state index in [0.717, 1.165) is 11.3 Å². The molecule has 1 N–H and O–H groups in total. The number of aromatic nitrogens is 2. The first kappa shape index (κ1) is 12.3. The molecule has 2 aromatic rings. The highest BCUT2D eigenvalue weighted by atomic mass is 16.6.